The summed E-state index contributed by atoms with van der Waals surface area (Å²) in [6, 6.07) is 0. The van der Waals surface area contributed by atoms with E-state index < -0.39 is 5.97 Å². The fraction of sp³-hybridized carbons (Fsp3) is 0.875. The molecule has 0 bridgehead atoms. The van der Waals surface area contributed by atoms with E-state index in [0.717, 1.165) is 44.9 Å². The molecule has 0 spiro atoms. The SMILES string of the molecule is CC(C)[C@]12CC[C@@H](O)[C@H](CCC(O)C3CCCCC3)[C@H]1CC2=CCCC(=O)O. The summed E-state index contributed by atoms with van der Waals surface area (Å²) in [6.07, 6.45) is 13.2. The highest BCUT2D eigenvalue weighted by Crippen LogP contribution is 2.65. The standard InChI is InChI=1S/C24H40O4/c1-16(2)24-14-13-22(26)19(11-12-21(25)17-7-4-3-5-8-17)20(24)15-18(24)9-6-10-23(27)28/h9,16-17,19-22,25-26H,3-8,10-15H2,1-2H3,(H,27,28)/t19-,20-,21?,22-,24+/m1/s1. The van der Waals surface area contributed by atoms with Crippen molar-refractivity contribution in [3.63, 3.8) is 0 Å². The Bertz CT molecular complexity index is 563. The van der Waals surface area contributed by atoms with Gasteiger partial charge in [-0.05, 0) is 80.5 Å². The molecule has 0 saturated heterocycles. The first kappa shape index (κ1) is 21.8. The van der Waals surface area contributed by atoms with Gasteiger partial charge in [-0.15, -0.1) is 0 Å². The van der Waals surface area contributed by atoms with Gasteiger partial charge in [-0.2, -0.15) is 0 Å². The van der Waals surface area contributed by atoms with Crippen LogP contribution in [0.3, 0.4) is 0 Å². The largest absolute Gasteiger partial charge is 0.481 e. The minimum Gasteiger partial charge on any atom is -0.481 e. The third kappa shape index (κ3) is 4.33. The maximum atomic E-state index is 10.9. The normalized spacial score (nSPS) is 36.2. The lowest BCUT2D eigenvalue weighted by Gasteiger charge is -2.62. The van der Waals surface area contributed by atoms with Crippen molar-refractivity contribution in [3.05, 3.63) is 11.6 Å². The molecular formula is C24H40O4. The summed E-state index contributed by atoms with van der Waals surface area (Å²) in [5, 5.41) is 30.4. The number of rotatable bonds is 8. The van der Waals surface area contributed by atoms with Gasteiger partial charge in [-0.25, -0.2) is 0 Å². The van der Waals surface area contributed by atoms with E-state index in [0.29, 0.717) is 24.2 Å². The summed E-state index contributed by atoms with van der Waals surface area (Å²) in [4.78, 5) is 10.9. The second-order valence-electron chi connectivity index (χ2n) is 9.98. The second-order valence-corrected chi connectivity index (χ2v) is 9.98. The fourth-order valence-corrected chi connectivity index (χ4v) is 6.71. The maximum Gasteiger partial charge on any atom is 0.303 e. The molecular weight excluding hydrogens is 352 g/mol. The predicted octanol–water partition coefficient (Wildman–Crippen LogP) is 4.93. The smallest absolute Gasteiger partial charge is 0.303 e. The average Bonchev–Trinajstić information content (AvgIpc) is 2.65. The van der Waals surface area contributed by atoms with Crippen molar-refractivity contribution in [2.75, 3.05) is 0 Å². The molecule has 0 aliphatic heterocycles. The lowest BCUT2D eigenvalue weighted by atomic mass is 9.43. The highest BCUT2D eigenvalue weighted by atomic mass is 16.4. The molecule has 4 nitrogen and oxygen atoms in total. The minimum absolute atomic E-state index is 0.137. The molecule has 160 valence electrons. The van der Waals surface area contributed by atoms with E-state index >= 15 is 0 Å². The number of aliphatic hydroxyl groups is 2. The molecule has 3 fully saturated rings. The molecule has 28 heavy (non-hydrogen) atoms. The number of fused-ring (bicyclic) bond motifs is 1. The van der Waals surface area contributed by atoms with Gasteiger partial charge in [-0.1, -0.05) is 44.8 Å². The molecule has 0 amide bonds. The van der Waals surface area contributed by atoms with E-state index in [9.17, 15) is 15.0 Å². The number of carboxylic acid groups (broad SMARTS) is 1. The van der Waals surface area contributed by atoms with E-state index in [1.165, 1.54) is 24.8 Å². The van der Waals surface area contributed by atoms with E-state index in [-0.39, 0.29) is 30.0 Å². The van der Waals surface area contributed by atoms with Crippen LogP contribution in [0.1, 0.15) is 90.9 Å². The van der Waals surface area contributed by atoms with E-state index in [1.54, 1.807) is 0 Å². The van der Waals surface area contributed by atoms with Gasteiger partial charge >= 0.3 is 5.97 Å². The number of hydrogen-bond donors (Lipinski definition) is 3. The van der Waals surface area contributed by atoms with Gasteiger partial charge in [0.15, 0.2) is 0 Å². The summed E-state index contributed by atoms with van der Waals surface area (Å²) >= 11 is 0. The molecule has 1 unspecified atom stereocenters. The van der Waals surface area contributed by atoms with Crippen LogP contribution in [0.15, 0.2) is 11.6 Å². The Hall–Kier alpha value is -0.870. The van der Waals surface area contributed by atoms with Gasteiger partial charge in [-0.3, -0.25) is 4.79 Å². The topological polar surface area (TPSA) is 77.8 Å². The Labute approximate surface area is 170 Å². The van der Waals surface area contributed by atoms with Crippen LogP contribution in [-0.4, -0.2) is 33.5 Å². The summed E-state index contributed by atoms with van der Waals surface area (Å²) in [7, 11) is 0. The van der Waals surface area contributed by atoms with Gasteiger partial charge in [0, 0.05) is 6.42 Å². The van der Waals surface area contributed by atoms with E-state index in [2.05, 4.69) is 19.9 Å². The number of carboxylic acids is 1. The molecule has 4 heteroatoms. The predicted molar refractivity (Wildman–Crippen MR) is 111 cm³/mol. The monoisotopic (exact) mass is 392 g/mol. The van der Waals surface area contributed by atoms with Gasteiger partial charge in [0.2, 0.25) is 0 Å². The Kier molecular flexibility index (Phi) is 7.25. The Morgan fingerprint density at radius 3 is 2.57 bits per heavy atom. The molecule has 0 aromatic heterocycles. The van der Waals surface area contributed by atoms with Crippen LogP contribution in [0.5, 0.6) is 0 Å². The summed E-state index contributed by atoms with van der Waals surface area (Å²) in [5.41, 5.74) is 1.57. The van der Waals surface area contributed by atoms with E-state index in [1.807, 2.05) is 0 Å². The molecule has 3 saturated carbocycles. The fourth-order valence-electron chi connectivity index (χ4n) is 6.71. The van der Waals surface area contributed by atoms with Crippen LogP contribution < -0.4 is 0 Å². The zero-order valence-corrected chi connectivity index (χ0v) is 17.8. The van der Waals surface area contributed by atoms with Crippen molar-refractivity contribution in [2.24, 2.45) is 29.1 Å². The quantitative estimate of drug-likeness (QED) is 0.512. The van der Waals surface area contributed by atoms with Crippen LogP contribution in [0.2, 0.25) is 0 Å². The molecule has 3 rings (SSSR count). The lowest BCUT2D eigenvalue weighted by molar-refractivity contribution is -0.136. The van der Waals surface area contributed by atoms with Gasteiger partial charge < -0.3 is 15.3 Å². The summed E-state index contributed by atoms with van der Waals surface area (Å²) < 4.78 is 0. The molecule has 0 aromatic carbocycles. The summed E-state index contributed by atoms with van der Waals surface area (Å²) in [5.74, 6) is 0.967. The molecule has 3 aliphatic carbocycles. The highest BCUT2D eigenvalue weighted by molar-refractivity contribution is 5.66. The first-order valence-electron chi connectivity index (χ1n) is 11.6. The third-order valence-electron chi connectivity index (χ3n) is 8.33. The van der Waals surface area contributed by atoms with Gasteiger partial charge in [0.05, 0.1) is 12.2 Å². The summed E-state index contributed by atoms with van der Waals surface area (Å²) in [6.45, 7) is 4.56. The molecule has 0 heterocycles. The third-order valence-corrected chi connectivity index (χ3v) is 8.33. The average molecular weight is 393 g/mol. The number of allylic oxidation sites excluding steroid dienone is 2. The van der Waals surface area contributed by atoms with Crippen molar-refractivity contribution in [3.8, 4) is 0 Å². The van der Waals surface area contributed by atoms with Crippen LogP contribution >= 0.6 is 0 Å². The molecule has 5 atom stereocenters. The van der Waals surface area contributed by atoms with Crippen molar-refractivity contribution in [1.29, 1.82) is 0 Å². The highest BCUT2D eigenvalue weighted by Gasteiger charge is 2.58. The first-order valence-corrected chi connectivity index (χ1v) is 11.6. The first-order chi connectivity index (χ1) is 13.4. The van der Waals surface area contributed by atoms with Crippen LogP contribution in [0.4, 0.5) is 0 Å². The van der Waals surface area contributed by atoms with Crippen molar-refractivity contribution >= 4 is 5.97 Å². The Morgan fingerprint density at radius 1 is 1.21 bits per heavy atom. The Morgan fingerprint density at radius 2 is 1.93 bits per heavy atom. The number of aliphatic carboxylic acids is 1. The Balaban J connectivity index is 1.64. The van der Waals surface area contributed by atoms with Gasteiger partial charge in [0.25, 0.3) is 0 Å². The molecule has 3 N–H and O–H groups in total. The maximum absolute atomic E-state index is 10.9. The zero-order valence-electron chi connectivity index (χ0n) is 17.8. The zero-order chi connectivity index (χ0) is 20.3. The lowest BCUT2D eigenvalue weighted by Crippen LogP contribution is -2.56. The number of aliphatic hydroxyl groups excluding tert-OH is 2. The van der Waals surface area contributed by atoms with Gasteiger partial charge in [0.1, 0.15) is 0 Å². The second kappa shape index (κ2) is 9.30. The molecule has 0 radical (unpaired) electrons. The van der Waals surface area contributed by atoms with Crippen LogP contribution in [-0.2, 0) is 4.79 Å². The van der Waals surface area contributed by atoms with Crippen molar-refractivity contribution in [2.45, 2.75) is 103 Å². The van der Waals surface area contributed by atoms with Crippen LogP contribution in [0, 0.1) is 29.1 Å². The number of carbonyl (C=O) groups is 1. The van der Waals surface area contributed by atoms with E-state index in [4.69, 9.17) is 5.11 Å². The van der Waals surface area contributed by atoms with Crippen molar-refractivity contribution < 1.29 is 20.1 Å². The van der Waals surface area contributed by atoms with Crippen LogP contribution in [0.25, 0.3) is 0 Å². The molecule has 0 aromatic rings. The van der Waals surface area contributed by atoms with Crippen molar-refractivity contribution in [1.82, 2.24) is 0 Å². The number of hydrogen-bond acceptors (Lipinski definition) is 3. The molecule has 3 aliphatic rings. The minimum atomic E-state index is -0.736.